The summed E-state index contributed by atoms with van der Waals surface area (Å²) in [4.78, 5) is 0. The topological polar surface area (TPSA) is 89.6 Å². The molecule has 3 N–H and O–H groups in total. The summed E-state index contributed by atoms with van der Waals surface area (Å²) in [6.07, 6.45) is 4.60. The van der Waals surface area contributed by atoms with Gasteiger partial charge in [0.2, 0.25) is 10.0 Å². The zero-order valence-electron chi connectivity index (χ0n) is 11.6. The van der Waals surface area contributed by atoms with Gasteiger partial charge in [-0.15, -0.1) is 0 Å². The number of rotatable bonds is 4. The lowest BCUT2D eigenvalue weighted by molar-refractivity contribution is 0.169. The highest BCUT2D eigenvalue weighted by Gasteiger charge is 2.30. The molecule has 1 atom stereocenters. The Balaban J connectivity index is 2.57. The number of hydrogen-bond acceptors (Lipinski definition) is 4. The van der Waals surface area contributed by atoms with Gasteiger partial charge in [0.05, 0.1) is 5.41 Å². The Bertz CT molecular complexity index is 638. The SMILES string of the molecule is COC1C=CC2=C(C1=CS(N)(=O)=O)C(CCO)=C(C)C2. The third-order valence-corrected chi connectivity index (χ3v) is 4.15. The van der Waals surface area contributed by atoms with Crippen LogP contribution in [0.1, 0.15) is 19.8 Å². The maximum Gasteiger partial charge on any atom is 0.231 e. The highest BCUT2D eigenvalue weighted by molar-refractivity contribution is 7.92. The molecule has 0 heterocycles. The molecule has 0 aromatic heterocycles. The standard InChI is InChI=1S/C14H19NO4S/c1-9-7-10-3-4-13(19-2)12(8-20(15,17)18)14(10)11(9)5-6-16/h3-4,8,13,16H,5-7H2,1-2H3,(H2,15,17,18). The van der Waals surface area contributed by atoms with E-state index in [1.165, 1.54) is 7.11 Å². The van der Waals surface area contributed by atoms with E-state index in [2.05, 4.69) is 0 Å². The Labute approximate surface area is 119 Å². The summed E-state index contributed by atoms with van der Waals surface area (Å²) in [7, 11) is -2.23. The van der Waals surface area contributed by atoms with E-state index in [9.17, 15) is 13.5 Å². The van der Waals surface area contributed by atoms with Crippen LogP contribution in [-0.2, 0) is 14.8 Å². The molecule has 1 unspecified atom stereocenters. The molecule has 0 fully saturated rings. The van der Waals surface area contributed by atoms with Crippen molar-refractivity contribution >= 4 is 10.0 Å². The Morgan fingerprint density at radius 1 is 1.55 bits per heavy atom. The number of nitrogens with two attached hydrogens (primary N) is 1. The van der Waals surface area contributed by atoms with E-state index in [0.717, 1.165) is 34.1 Å². The fraction of sp³-hybridized carbons (Fsp3) is 0.429. The van der Waals surface area contributed by atoms with Gasteiger partial charge in [-0.2, -0.15) is 0 Å². The number of sulfonamides is 1. The zero-order valence-corrected chi connectivity index (χ0v) is 12.4. The van der Waals surface area contributed by atoms with Crippen molar-refractivity contribution in [3.8, 4) is 0 Å². The minimum absolute atomic E-state index is 0.0213. The first-order chi connectivity index (χ1) is 9.37. The van der Waals surface area contributed by atoms with E-state index >= 15 is 0 Å². The first kappa shape index (κ1) is 15.2. The van der Waals surface area contributed by atoms with Crippen LogP contribution in [0, 0.1) is 0 Å². The predicted octanol–water partition coefficient (Wildman–Crippen LogP) is 1.14. The maximum absolute atomic E-state index is 11.4. The lowest BCUT2D eigenvalue weighted by atomic mass is 9.88. The van der Waals surface area contributed by atoms with Crippen molar-refractivity contribution in [2.45, 2.75) is 25.9 Å². The van der Waals surface area contributed by atoms with Crippen molar-refractivity contribution in [3.63, 3.8) is 0 Å². The zero-order chi connectivity index (χ0) is 14.9. The quantitative estimate of drug-likeness (QED) is 0.814. The molecular weight excluding hydrogens is 278 g/mol. The number of hydrogen-bond donors (Lipinski definition) is 2. The van der Waals surface area contributed by atoms with Gasteiger partial charge < -0.3 is 9.84 Å². The summed E-state index contributed by atoms with van der Waals surface area (Å²) >= 11 is 0. The largest absolute Gasteiger partial charge is 0.396 e. The molecule has 2 aliphatic carbocycles. The van der Waals surface area contributed by atoms with Crippen molar-refractivity contribution in [2.24, 2.45) is 5.14 Å². The summed E-state index contributed by atoms with van der Waals surface area (Å²) in [5, 5.41) is 15.4. The van der Waals surface area contributed by atoms with Crippen LogP contribution in [-0.4, -0.2) is 33.3 Å². The third kappa shape index (κ3) is 2.93. The smallest absolute Gasteiger partial charge is 0.231 e. The summed E-state index contributed by atoms with van der Waals surface area (Å²) in [5.41, 5.74) is 4.59. The van der Waals surface area contributed by atoms with Crippen LogP contribution in [0.3, 0.4) is 0 Å². The van der Waals surface area contributed by atoms with Gasteiger partial charge in [-0.1, -0.05) is 17.7 Å². The number of ether oxygens (including phenoxy) is 1. The highest BCUT2D eigenvalue weighted by atomic mass is 32.2. The summed E-state index contributed by atoms with van der Waals surface area (Å²) in [5.74, 6) is 0. The van der Waals surface area contributed by atoms with E-state index < -0.39 is 16.1 Å². The monoisotopic (exact) mass is 297 g/mol. The molecule has 20 heavy (non-hydrogen) atoms. The summed E-state index contributed by atoms with van der Waals surface area (Å²) in [6, 6.07) is 0. The van der Waals surface area contributed by atoms with E-state index in [1.54, 1.807) is 0 Å². The van der Waals surface area contributed by atoms with Crippen LogP contribution in [0.5, 0.6) is 0 Å². The molecule has 0 saturated heterocycles. The number of aliphatic hydroxyl groups excluding tert-OH is 1. The van der Waals surface area contributed by atoms with Gasteiger partial charge in [-0.3, -0.25) is 0 Å². The Kier molecular flexibility index (Phi) is 4.29. The van der Waals surface area contributed by atoms with Crippen molar-refractivity contribution in [2.75, 3.05) is 13.7 Å². The normalized spacial score (nSPS) is 24.8. The predicted molar refractivity (Wildman–Crippen MR) is 77.2 cm³/mol. The second kappa shape index (κ2) is 5.65. The molecule has 6 heteroatoms. The second-order valence-electron chi connectivity index (χ2n) is 4.99. The van der Waals surface area contributed by atoms with Crippen LogP contribution in [0.25, 0.3) is 0 Å². The molecule has 0 aliphatic heterocycles. The van der Waals surface area contributed by atoms with Gasteiger partial charge in [-0.05, 0) is 36.5 Å². The van der Waals surface area contributed by atoms with Gasteiger partial charge in [-0.25, -0.2) is 13.6 Å². The summed E-state index contributed by atoms with van der Waals surface area (Å²) < 4.78 is 28.2. The Hall–Kier alpha value is -1.21. The van der Waals surface area contributed by atoms with Crippen LogP contribution >= 0.6 is 0 Å². The number of primary sulfonamides is 1. The van der Waals surface area contributed by atoms with Crippen LogP contribution in [0.2, 0.25) is 0 Å². The lowest BCUT2D eigenvalue weighted by Gasteiger charge is -2.23. The number of methoxy groups -OCH3 is 1. The van der Waals surface area contributed by atoms with Crippen molar-refractivity contribution in [1.82, 2.24) is 0 Å². The molecule has 0 radical (unpaired) electrons. The van der Waals surface area contributed by atoms with Crippen LogP contribution in [0.4, 0.5) is 0 Å². The van der Waals surface area contributed by atoms with Crippen molar-refractivity contribution < 1.29 is 18.3 Å². The highest BCUT2D eigenvalue weighted by Crippen LogP contribution is 2.43. The van der Waals surface area contributed by atoms with Crippen molar-refractivity contribution in [3.05, 3.63) is 45.4 Å². The fourth-order valence-corrected chi connectivity index (χ4v) is 3.40. The molecule has 0 spiro atoms. The first-order valence-electron chi connectivity index (χ1n) is 6.36. The molecule has 2 rings (SSSR count). The van der Waals surface area contributed by atoms with Gasteiger partial charge in [0.1, 0.15) is 6.10 Å². The Morgan fingerprint density at radius 2 is 2.25 bits per heavy atom. The average Bonchev–Trinajstić information content (AvgIpc) is 2.66. The Morgan fingerprint density at radius 3 is 2.80 bits per heavy atom. The maximum atomic E-state index is 11.4. The number of allylic oxidation sites excluding steroid dienone is 3. The van der Waals surface area contributed by atoms with Gasteiger partial charge in [0.15, 0.2) is 0 Å². The van der Waals surface area contributed by atoms with Crippen LogP contribution in [0.15, 0.2) is 45.4 Å². The van der Waals surface area contributed by atoms with Crippen LogP contribution < -0.4 is 5.14 Å². The molecule has 0 amide bonds. The molecular formula is C14H19NO4S. The van der Waals surface area contributed by atoms with E-state index in [1.807, 2.05) is 19.1 Å². The minimum atomic E-state index is -3.76. The molecule has 5 nitrogen and oxygen atoms in total. The van der Waals surface area contributed by atoms with Crippen molar-refractivity contribution in [1.29, 1.82) is 0 Å². The van der Waals surface area contributed by atoms with Gasteiger partial charge in [0.25, 0.3) is 0 Å². The van der Waals surface area contributed by atoms with E-state index in [4.69, 9.17) is 9.88 Å². The third-order valence-electron chi connectivity index (χ3n) is 3.57. The lowest BCUT2D eigenvalue weighted by Crippen LogP contribution is -2.20. The number of aliphatic hydroxyl groups is 1. The van der Waals surface area contributed by atoms with E-state index in [-0.39, 0.29) is 6.61 Å². The molecule has 110 valence electrons. The van der Waals surface area contributed by atoms with Gasteiger partial charge >= 0.3 is 0 Å². The minimum Gasteiger partial charge on any atom is -0.396 e. The molecule has 0 saturated carbocycles. The molecule has 0 aromatic carbocycles. The molecule has 2 aliphatic rings. The van der Waals surface area contributed by atoms with Gasteiger partial charge in [0, 0.05) is 19.3 Å². The summed E-state index contributed by atoms with van der Waals surface area (Å²) in [6.45, 7) is 2.01. The second-order valence-corrected chi connectivity index (χ2v) is 6.40. The average molecular weight is 297 g/mol. The fourth-order valence-electron chi connectivity index (χ4n) is 2.80. The first-order valence-corrected chi connectivity index (χ1v) is 7.97. The van der Waals surface area contributed by atoms with E-state index in [0.29, 0.717) is 12.0 Å². The molecule has 0 aromatic rings. The molecule has 0 bridgehead atoms.